The number of halogens is 2. The van der Waals surface area contributed by atoms with Gasteiger partial charge in [0.1, 0.15) is 17.2 Å². The zero-order valence-electron chi connectivity index (χ0n) is 13.8. The average Bonchev–Trinajstić information content (AvgIpc) is 2.47. The molecule has 0 radical (unpaired) electrons. The van der Waals surface area contributed by atoms with Gasteiger partial charge >= 0.3 is 6.09 Å². The van der Waals surface area contributed by atoms with Gasteiger partial charge in [0.15, 0.2) is 0 Å². The van der Waals surface area contributed by atoms with Crippen LogP contribution in [0.4, 0.5) is 9.18 Å². The van der Waals surface area contributed by atoms with Crippen molar-refractivity contribution in [3.8, 4) is 5.75 Å². The Morgan fingerprint density at radius 1 is 1.43 bits per heavy atom. The van der Waals surface area contributed by atoms with Gasteiger partial charge in [-0.2, -0.15) is 0 Å². The molecule has 1 aliphatic rings. The number of nitrogens with zero attached hydrogens (tertiary/aromatic N) is 1. The fourth-order valence-corrected chi connectivity index (χ4v) is 2.59. The quantitative estimate of drug-likeness (QED) is 0.810. The molecular formula is C17H23ClFNO3. The molecule has 1 aliphatic heterocycles. The van der Waals surface area contributed by atoms with Gasteiger partial charge in [0.25, 0.3) is 0 Å². The van der Waals surface area contributed by atoms with Gasteiger partial charge in [-0.25, -0.2) is 9.18 Å². The maximum atomic E-state index is 13.4. The van der Waals surface area contributed by atoms with Crippen LogP contribution in [0, 0.1) is 11.7 Å². The number of amides is 1. The van der Waals surface area contributed by atoms with Crippen molar-refractivity contribution in [3.05, 3.63) is 29.0 Å². The molecule has 1 aromatic rings. The number of carbonyl (C=O) groups is 1. The minimum absolute atomic E-state index is 0.0751. The van der Waals surface area contributed by atoms with Crippen molar-refractivity contribution >= 4 is 17.7 Å². The van der Waals surface area contributed by atoms with E-state index in [4.69, 9.17) is 21.1 Å². The smallest absolute Gasteiger partial charge is 0.410 e. The first-order valence-corrected chi connectivity index (χ1v) is 8.18. The van der Waals surface area contributed by atoms with Crippen LogP contribution in [0.15, 0.2) is 18.2 Å². The third-order valence-electron chi connectivity index (χ3n) is 3.55. The van der Waals surface area contributed by atoms with Crippen molar-refractivity contribution < 1.29 is 18.7 Å². The SMILES string of the molecule is CC(C)(C)OC(=O)N1CCC[C@@H](COc2ccc(Cl)c(F)c2)C1. The van der Waals surface area contributed by atoms with Crippen LogP contribution in [0.2, 0.25) is 5.02 Å². The highest BCUT2D eigenvalue weighted by Gasteiger charge is 2.27. The number of ether oxygens (including phenoxy) is 2. The molecular weight excluding hydrogens is 321 g/mol. The van der Waals surface area contributed by atoms with E-state index < -0.39 is 11.4 Å². The molecule has 1 aromatic carbocycles. The van der Waals surface area contributed by atoms with Crippen molar-refractivity contribution in [2.75, 3.05) is 19.7 Å². The number of benzene rings is 1. The third-order valence-corrected chi connectivity index (χ3v) is 3.85. The second-order valence-corrected chi connectivity index (χ2v) is 7.23. The number of likely N-dealkylation sites (tertiary alicyclic amines) is 1. The second-order valence-electron chi connectivity index (χ2n) is 6.82. The van der Waals surface area contributed by atoms with Crippen molar-refractivity contribution in [1.82, 2.24) is 4.90 Å². The molecule has 1 heterocycles. The molecule has 1 amide bonds. The predicted molar refractivity (Wildman–Crippen MR) is 87.4 cm³/mol. The molecule has 23 heavy (non-hydrogen) atoms. The van der Waals surface area contributed by atoms with Crippen LogP contribution < -0.4 is 4.74 Å². The normalized spacial score (nSPS) is 18.7. The first-order valence-electron chi connectivity index (χ1n) is 7.80. The Morgan fingerprint density at radius 2 is 2.17 bits per heavy atom. The number of rotatable bonds is 3. The Bertz CT molecular complexity index is 559. The molecule has 0 aliphatic carbocycles. The number of hydrogen-bond acceptors (Lipinski definition) is 3. The lowest BCUT2D eigenvalue weighted by atomic mass is 9.99. The average molecular weight is 344 g/mol. The van der Waals surface area contributed by atoms with Gasteiger partial charge in [0.05, 0.1) is 11.6 Å². The summed E-state index contributed by atoms with van der Waals surface area (Å²) in [4.78, 5) is 13.8. The van der Waals surface area contributed by atoms with Crippen molar-refractivity contribution in [2.45, 2.75) is 39.2 Å². The van der Waals surface area contributed by atoms with Crippen LogP contribution in [0.1, 0.15) is 33.6 Å². The highest BCUT2D eigenvalue weighted by Crippen LogP contribution is 2.23. The van der Waals surface area contributed by atoms with Crippen LogP contribution >= 0.6 is 11.6 Å². The molecule has 2 rings (SSSR count). The highest BCUT2D eigenvalue weighted by atomic mass is 35.5. The summed E-state index contributed by atoms with van der Waals surface area (Å²) >= 11 is 5.65. The molecule has 0 saturated carbocycles. The first-order chi connectivity index (χ1) is 10.7. The predicted octanol–water partition coefficient (Wildman–Crippen LogP) is 4.51. The highest BCUT2D eigenvalue weighted by molar-refractivity contribution is 6.30. The molecule has 4 nitrogen and oxygen atoms in total. The summed E-state index contributed by atoms with van der Waals surface area (Å²) in [5, 5.41) is 0.0751. The lowest BCUT2D eigenvalue weighted by Crippen LogP contribution is -2.44. The Labute approximate surface area is 141 Å². The lowest BCUT2D eigenvalue weighted by molar-refractivity contribution is 0.0139. The van der Waals surface area contributed by atoms with E-state index in [9.17, 15) is 9.18 Å². The fourth-order valence-electron chi connectivity index (χ4n) is 2.47. The minimum atomic E-state index is -0.499. The van der Waals surface area contributed by atoms with E-state index in [1.807, 2.05) is 20.8 Å². The van der Waals surface area contributed by atoms with Gasteiger partial charge in [-0.15, -0.1) is 0 Å². The molecule has 1 fully saturated rings. The number of hydrogen-bond donors (Lipinski definition) is 0. The second kappa shape index (κ2) is 7.39. The van der Waals surface area contributed by atoms with E-state index in [0.29, 0.717) is 25.4 Å². The van der Waals surface area contributed by atoms with Gasteiger partial charge in [0.2, 0.25) is 0 Å². The molecule has 128 valence electrons. The van der Waals surface area contributed by atoms with Crippen LogP contribution in [0.5, 0.6) is 5.75 Å². The van der Waals surface area contributed by atoms with Gasteiger partial charge < -0.3 is 14.4 Å². The molecule has 0 spiro atoms. The monoisotopic (exact) mass is 343 g/mol. The maximum Gasteiger partial charge on any atom is 0.410 e. The number of piperidine rings is 1. The van der Waals surface area contributed by atoms with Gasteiger partial charge in [-0.3, -0.25) is 0 Å². The summed E-state index contributed by atoms with van der Waals surface area (Å²) < 4.78 is 24.4. The summed E-state index contributed by atoms with van der Waals surface area (Å²) in [5.74, 6) is 0.152. The van der Waals surface area contributed by atoms with E-state index in [2.05, 4.69) is 0 Å². The van der Waals surface area contributed by atoms with Crippen molar-refractivity contribution in [3.63, 3.8) is 0 Å². The first kappa shape index (κ1) is 17.9. The lowest BCUT2D eigenvalue weighted by Gasteiger charge is -2.34. The Morgan fingerprint density at radius 3 is 2.83 bits per heavy atom. The van der Waals surface area contributed by atoms with Gasteiger partial charge in [0, 0.05) is 25.1 Å². The van der Waals surface area contributed by atoms with E-state index in [0.717, 1.165) is 12.8 Å². The van der Waals surface area contributed by atoms with Crippen LogP contribution in [-0.4, -0.2) is 36.3 Å². The zero-order chi connectivity index (χ0) is 17.0. The van der Waals surface area contributed by atoms with Crippen LogP contribution in [0.3, 0.4) is 0 Å². The van der Waals surface area contributed by atoms with E-state index in [-0.39, 0.29) is 17.0 Å². The Balaban J connectivity index is 1.86. The molecule has 0 aromatic heterocycles. The summed E-state index contributed by atoms with van der Waals surface area (Å²) in [6.45, 7) is 7.27. The van der Waals surface area contributed by atoms with E-state index in [1.165, 1.54) is 12.1 Å². The maximum absolute atomic E-state index is 13.4. The van der Waals surface area contributed by atoms with Crippen molar-refractivity contribution in [1.29, 1.82) is 0 Å². The van der Waals surface area contributed by atoms with Crippen LogP contribution in [-0.2, 0) is 4.74 Å². The molecule has 0 N–H and O–H groups in total. The summed E-state index contributed by atoms with van der Waals surface area (Å²) in [6.07, 6.45) is 1.58. The van der Waals surface area contributed by atoms with Gasteiger partial charge in [-0.1, -0.05) is 11.6 Å². The summed E-state index contributed by atoms with van der Waals surface area (Å²) in [7, 11) is 0. The Hall–Kier alpha value is -1.49. The van der Waals surface area contributed by atoms with E-state index in [1.54, 1.807) is 11.0 Å². The van der Waals surface area contributed by atoms with Crippen LogP contribution in [0.25, 0.3) is 0 Å². The number of carbonyl (C=O) groups excluding carboxylic acids is 1. The zero-order valence-corrected chi connectivity index (χ0v) is 14.5. The van der Waals surface area contributed by atoms with Gasteiger partial charge in [-0.05, 0) is 45.7 Å². The molecule has 6 heteroatoms. The largest absolute Gasteiger partial charge is 0.493 e. The molecule has 1 saturated heterocycles. The third kappa shape index (κ3) is 5.57. The topological polar surface area (TPSA) is 38.8 Å². The molecule has 0 bridgehead atoms. The fraction of sp³-hybridized carbons (Fsp3) is 0.588. The van der Waals surface area contributed by atoms with Crippen molar-refractivity contribution in [2.24, 2.45) is 5.92 Å². The van der Waals surface area contributed by atoms with E-state index >= 15 is 0 Å². The summed E-state index contributed by atoms with van der Waals surface area (Å²) in [5.41, 5.74) is -0.499. The molecule has 0 unspecified atom stereocenters. The Kier molecular flexibility index (Phi) is 5.74. The summed E-state index contributed by atoms with van der Waals surface area (Å²) in [6, 6.07) is 4.39. The molecule has 1 atom stereocenters. The minimum Gasteiger partial charge on any atom is -0.493 e. The standard InChI is InChI=1S/C17H23ClFNO3/c1-17(2,3)23-16(21)20-8-4-5-12(10-20)11-22-13-6-7-14(18)15(19)9-13/h6-7,9,12H,4-5,8,10-11H2,1-3H3/t12-/m1/s1.